The molecule has 0 bridgehead atoms. The number of piperidine rings is 1. The number of quaternary nitrogens is 1. The molecule has 3 atom stereocenters. The number of nitrogens with zero attached hydrogens (tertiary/aromatic N) is 1. The van der Waals surface area contributed by atoms with Crippen LogP contribution < -0.4 is 4.90 Å². The van der Waals surface area contributed by atoms with Crippen LogP contribution in [0.1, 0.15) is 45.1 Å². The largest absolute Gasteiger partial charge is 0.442 e. The standard InChI is InChI=1S/C19H26N2O3/c1-3-15-13-18(16-7-9-17(10-8-16)21(22)23)24-19(14(15)2)20-11-5-4-6-12-20/h7-10,13-15,19H,3-6,11-12H2,1-2H3/p+1/t14-,15-,19+/m1/s1. The van der Waals surface area contributed by atoms with E-state index in [4.69, 9.17) is 4.74 Å². The molecular weight excluding hydrogens is 304 g/mol. The Morgan fingerprint density at radius 3 is 2.46 bits per heavy atom. The van der Waals surface area contributed by atoms with Crippen molar-refractivity contribution in [3.8, 4) is 0 Å². The number of nitro benzene ring substituents is 1. The summed E-state index contributed by atoms with van der Waals surface area (Å²) in [5.74, 6) is 1.87. The molecule has 0 saturated carbocycles. The average molecular weight is 331 g/mol. The van der Waals surface area contributed by atoms with Gasteiger partial charge in [-0.15, -0.1) is 0 Å². The van der Waals surface area contributed by atoms with E-state index in [1.54, 1.807) is 29.2 Å². The van der Waals surface area contributed by atoms with Gasteiger partial charge in [0.2, 0.25) is 6.23 Å². The topological polar surface area (TPSA) is 56.8 Å². The maximum Gasteiger partial charge on any atom is 0.269 e. The lowest BCUT2D eigenvalue weighted by Gasteiger charge is -2.40. The van der Waals surface area contributed by atoms with Crippen LogP contribution >= 0.6 is 0 Å². The van der Waals surface area contributed by atoms with Crippen LogP contribution in [0.25, 0.3) is 5.76 Å². The first-order chi connectivity index (χ1) is 11.6. The van der Waals surface area contributed by atoms with Crippen LogP contribution in [-0.4, -0.2) is 24.2 Å². The number of likely N-dealkylation sites (tertiary alicyclic amines) is 1. The van der Waals surface area contributed by atoms with Gasteiger partial charge in [0.15, 0.2) is 0 Å². The highest BCUT2D eigenvalue weighted by atomic mass is 16.6. The minimum Gasteiger partial charge on any atom is -0.442 e. The third-order valence-corrected chi connectivity index (χ3v) is 5.50. The SMILES string of the molecule is CC[C@@H]1C=C(c2ccc([N+](=O)[O-])cc2)O[C@H]([NH+]2CCCCC2)[C@@H]1C. The molecule has 0 aromatic heterocycles. The van der Waals surface area contributed by atoms with Crippen molar-refractivity contribution >= 4 is 11.4 Å². The Labute approximate surface area is 143 Å². The second-order valence-corrected chi connectivity index (χ2v) is 7.02. The second-order valence-electron chi connectivity index (χ2n) is 7.02. The van der Waals surface area contributed by atoms with Gasteiger partial charge in [-0.05, 0) is 49.8 Å². The zero-order valence-electron chi connectivity index (χ0n) is 14.5. The lowest BCUT2D eigenvalue weighted by molar-refractivity contribution is -0.955. The molecule has 5 nitrogen and oxygen atoms in total. The number of non-ortho nitro benzene ring substituents is 1. The van der Waals surface area contributed by atoms with E-state index >= 15 is 0 Å². The van der Waals surface area contributed by atoms with Gasteiger partial charge in [-0.1, -0.05) is 13.8 Å². The van der Waals surface area contributed by atoms with Gasteiger partial charge < -0.3 is 4.74 Å². The molecule has 1 aromatic rings. The number of hydrogen-bond acceptors (Lipinski definition) is 3. The van der Waals surface area contributed by atoms with E-state index in [-0.39, 0.29) is 16.8 Å². The smallest absolute Gasteiger partial charge is 0.269 e. The summed E-state index contributed by atoms with van der Waals surface area (Å²) >= 11 is 0. The number of benzene rings is 1. The Hall–Kier alpha value is -1.88. The van der Waals surface area contributed by atoms with Crippen molar-refractivity contribution in [3.05, 3.63) is 46.0 Å². The highest BCUT2D eigenvalue weighted by Gasteiger charge is 2.38. The van der Waals surface area contributed by atoms with Gasteiger partial charge in [0.25, 0.3) is 5.69 Å². The van der Waals surface area contributed by atoms with Crippen LogP contribution in [0.4, 0.5) is 5.69 Å². The van der Waals surface area contributed by atoms with Gasteiger partial charge >= 0.3 is 0 Å². The molecule has 5 heteroatoms. The first-order valence-corrected chi connectivity index (χ1v) is 9.08. The molecule has 2 aliphatic heterocycles. The number of nitro groups is 1. The van der Waals surface area contributed by atoms with Crippen molar-refractivity contribution in [3.63, 3.8) is 0 Å². The summed E-state index contributed by atoms with van der Waals surface area (Å²) in [6, 6.07) is 6.72. The van der Waals surface area contributed by atoms with Crippen LogP contribution in [0.5, 0.6) is 0 Å². The molecular formula is C19H27N2O3+. The van der Waals surface area contributed by atoms with Crippen molar-refractivity contribution in [1.82, 2.24) is 0 Å². The molecule has 1 fully saturated rings. The van der Waals surface area contributed by atoms with E-state index in [0.717, 1.165) is 17.7 Å². The van der Waals surface area contributed by atoms with Crippen molar-refractivity contribution in [2.75, 3.05) is 13.1 Å². The van der Waals surface area contributed by atoms with Crippen LogP contribution in [0, 0.1) is 22.0 Å². The molecule has 130 valence electrons. The second kappa shape index (κ2) is 7.34. The van der Waals surface area contributed by atoms with Gasteiger partial charge in [0.1, 0.15) is 5.76 Å². The molecule has 0 radical (unpaired) electrons. The number of hydrogen-bond donors (Lipinski definition) is 1. The van der Waals surface area contributed by atoms with E-state index in [1.165, 1.54) is 32.4 Å². The van der Waals surface area contributed by atoms with E-state index in [0.29, 0.717) is 11.8 Å². The number of nitrogens with one attached hydrogen (secondary N) is 1. The Balaban J connectivity index is 1.84. The predicted molar refractivity (Wildman–Crippen MR) is 93.4 cm³/mol. The van der Waals surface area contributed by atoms with Gasteiger partial charge in [-0.3, -0.25) is 15.0 Å². The monoisotopic (exact) mass is 331 g/mol. The van der Waals surface area contributed by atoms with Crippen LogP contribution in [-0.2, 0) is 4.74 Å². The van der Waals surface area contributed by atoms with Crippen LogP contribution in [0.2, 0.25) is 0 Å². The fourth-order valence-corrected chi connectivity index (χ4v) is 4.00. The lowest BCUT2D eigenvalue weighted by atomic mass is 9.85. The van der Waals surface area contributed by atoms with Gasteiger partial charge in [0.05, 0.1) is 23.9 Å². The molecule has 0 unspecified atom stereocenters. The highest BCUT2D eigenvalue weighted by molar-refractivity contribution is 5.62. The van der Waals surface area contributed by atoms with Crippen molar-refractivity contribution in [1.29, 1.82) is 0 Å². The Morgan fingerprint density at radius 2 is 1.88 bits per heavy atom. The minimum atomic E-state index is -0.364. The number of rotatable bonds is 4. The molecule has 0 spiro atoms. The summed E-state index contributed by atoms with van der Waals surface area (Å²) in [6.45, 7) is 6.88. The first kappa shape index (κ1) is 17.0. The normalized spacial score (nSPS) is 28.1. The molecule has 24 heavy (non-hydrogen) atoms. The summed E-state index contributed by atoms with van der Waals surface area (Å²) in [7, 11) is 0. The quantitative estimate of drug-likeness (QED) is 0.681. The molecule has 1 N–H and O–H groups in total. The Morgan fingerprint density at radius 1 is 1.21 bits per heavy atom. The molecule has 3 rings (SSSR count). The summed E-state index contributed by atoms with van der Waals surface area (Å²) in [6.07, 6.45) is 7.36. The van der Waals surface area contributed by atoms with Crippen molar-refractivity contribution < 1.29 is 14.6 Å². The summed E-state index contributed by atoms with van der Waals surface area (Å²) in [4.78, 5) is 12.0. The van der Waals surface area contributed by atoms with E-state index in [9.17, 15) is 10.1 Å². The van der Waals surface area contributed by atoms with Crippen molar-refractivity contribution in [2.24, 2.45) is 11.8 Å². The van der Waals surface area contributed by atoms with E-state index < -0.39 is 0 Å². The summed E-state index contributed by atoms with van der Waals surface area (Å²) in [5.41, 5.74) is 1.06. The fourth-order valence-electron chi connectivity index (χ4n) is 4.00. The maximum absolute atomic E-state index is 10.8. The minimum absolute atomic E-state index is 0.119. The molecule has 1 aromatic carbocycles. The molecule has 2 aliphatic rings. The lowest BCUT2D eigenvalue weighted by Crippen LogP contribution is -3.17. The average Bonchev–Trinajstić information content (AvgIpc) is 2.62. The summed E-state index contributed by atoms with van der Waals surface area (Å²) < 4.78 is 6.41. The number of allylic oxidation sites excluding steroid dienone is 1. The molecule has 0 amide bonds. The highest BCUT2D eigenvalue weighted by Crippen LogP contribution is 2.33. The zero-order valence-corrected chi connectivity index (χ0v) is 14.5. The predicted octanol–water partition coefficient (Wildman–Crippen LogP) is 3.02. The van der Waals surface area contributed by atoms with Gasteiger partial charge in [-0.2, -0.15) is 0 Å². The zero-order chi connectivity index (χ0) is 17.1. The van der Waals surface area contributed by atoms with E-state index in [1.807, 2.05) is 0 Å². The fraction of sp³-hybridized carbons (Fsp3) is 0.579. The van der Waals surface area contributed by atoms with E-state index in [2.05, 4.69) is 19.9 Å². The number of ether oxygens (including phenoxy) is 1. The first-order valence-electron chi connectivity index (χ1n) is 9.08. The molecule has 0 aliphatic carbocycles. The molecule has 1 saturated heterocycles. The Bertz CT molecular complexity index is 606. The maximum atomic E-state index is 10.8. The third-order valence-electron chi connectivity index (χ3n) is 5.50. The van der Waals surface area contributed by atoms with Crippen LogP contribution in [0.15, 0.2) is 30.3 Å². The molecule has 2 heterocycles. The Kier molecular flexibility index (Phi) is 5.19. The van der Waals surface area contributed by atoms with Gasteiger partial charge in [-0.25, -0.2) is 0 Å². The third kappa shape index (κ3) is 3.46. The van der Waals surface area contributed by atoms with Gasteiger partial charge in [0, 0.05) is 17.7 Å². The van der Waals surface area contributed by atoms with Crippen molar-refractivity contribution in [2.45, 2.75) is 45.8 Å². The summed E-state index contributed by atoms with van der Waals surface area (Å²) in [5, 5.41) is 10.8. The van der Waals surface area contributed by atoms with Crippen LogP contribution in [0.3, 0.4) is 0 Å².